The zero-order valence-corrected chi connectivity index (χ0v) is 11.4. The molecule has 0 aliphatic heterocycles. The highest BCUT2D eigenvalue weighted by atomic mass is 15.3. The standard InChI is InChI=1S/C14H23N3/c1-6-8-9-13(15-7-2)10-14-11(3)16-17(5)12(14)4/h1,13,15H,7-10H2,2-5H3. The number of aromatic nitrogens is 2. The quantitative estimate of drug-likeness (QED) is 0.761. The topological polar surface area (TPSA) is 29.9 Å². The van der Waals surface area contributed by atoms with Gasteiger partial charge in [-0.15, -0.1) is 12.3 Å². The zero-order valence-electron chi connectivity index (χ0n) is 11.4. The van der Waals surface area contributed by atoms with Gasteiger partial charge in [-0.3, -0.25) is 4.68 Å². The van der Waals surface area contributed by atoms with Crippen molar-refractivity contribution in [2.24, 2.45) is 7.05 Å². The van der Waals surface area contributed by atoms with Crippen LogP contribution >= 0.6 is 0 Å². The molecule has 0 saturated heterocycles. The summed E-state index contributed by atoms with van der Waals surface area (Å²) >= 11 is 0. The molecule has 0 radical (unpaired) electrons. The minimum Gasteiger partial charge on any atom is -0.314 e. The van der Waals surface area contributed by atoms with Gasteiger partial charge in [0.25, 0.3) is 0 Å². The summed E-state index contributed by atoms with van der Waals surface area (Å²) in [6.07, 6.45) is 8.21. The molecular formula is C14H23N3. The molecule has 1 N–H and O–H groups in total. The molecule has 1 atom stereocenters. The van der Waals surface area contributed by atoms with Crippen molar-refractivity contribution in [2.75, 3.05) is 6.54 Å². The van der Waals surface area contributed by atoms with E-state index in [0.717, 1.165) is 31.5 Å². The highest BCUT2D eigenvalue weighted by Crippen LogP contribution is 2.15. The lowest BCUT2D eigenvalue weighted by Crippen LogP contribution is -2.31. The van der Waals surface area contributed by atoms with Gasteiger partial charge in [0.1, 0.15) is 0 Å². The van der Waals surface area contributed by atoms with Crippen molar-refractivity contribution >= 4 is 0 Å². The Kier molecular flexibility index (Phi) is 5.24. The Bertz CT molecular complexity index is 398. The van der Waals surface area contributed by atoms with Gasteiger partial charge in [0.15, 0.2) is 0 Å². The molecule has 3 heteroatoms. The molecule has 1 rings (SSSR count). The van der Waals surface area contributed by atoms with Crippen LogP contribution in [0.25, 0.3) is 0 Å². The van der Waals surface area contributed by atoms with Crippen molar-refractivity contribution < 1.29 is 0 Å². The van der Waals surface area contributed by atoms with Crippen molar-refractivity contribution in [1.29, 1.82) is 0 Å². The van der Waals surface area contributed by atoms with Crippen LogP contribution < -0.4 is 5.32 Å². The third kappa shape index (κ3) is 3.61. The number of aryl methyl sites for hydroxylation is 2. The van der Waals surface area contributed by atoms with E-state index in [4.69, 9.17) is 6.42 Å². The predicted octanol–water partition coefficient (Wildman–Crippen LogP) is 1.97. The summed E-state index contributed by atoms with van der Waals surface area (Å²) in [7, 11) is 2.00. The van der Waals surface area contributed by atoms with Gasteiger partial charge in [0.05, 0.1) is 5.69 Å². The molecule has 0 fully saturated rings. The molecule has 1 unspecified atom stereocenters. The second-order valence-electron chi connectivity index (χ2n) is 4.47. The molecule has 0 spiro atoms. The molecule has 0 bridgehead atoms. The number of hydrogen-bond donors (Lipinski definition) is 1. The van der Waals surface area contributed by atoms with Crippen molar-refractivity contribution in [3.8, 4) is 12.3 Å². The molecule has 0 aliphatic rings. The van der Waals surface area contributed by atoms with Crippen LogP contribution in [0, 0.1) is 26.2 Å². The lowest BCUT2D eigenvalue weighted by Gasteiger charge is -2.17. The maximum absolute atomic E-state index is 5.34. The Labute approximate surface area is 105 Å². The van der Waals surface area contributed by atoms with E-state index in [2.05, 4.69) is 37.1 Å². The number of hydrogen-bond acceptors (Lipinski definition) is 2. The first-order valence-electron chi connectivity index (χ1n) is 6.26. The van der Waals surface area contributed by atoms with E-state index in [1.165, 1.54) is 11.3 Å². The summed E-state index contributed by atoms with van der Waals surface area (Å²) in [4.78, 5) is 0. The molecule has 1 heterocycles. The van der Waals surface area contributed by atoms with E-state index in [1.807, 2.05) is 11.7 Å². The zero-order chi connectivity index (χ0) is 12.8. The first kappa shape index (κ1) is 13.8. The third-order valence-corrected chi connectivity index (χ3v) is 3.24. The number of likely N-dealkylation sites (N-methyl/N-ethyl adjacent to an activating group) is 1. The molecule has 1 aromatic rings. The van der Waals surface area contributed by atoms with Gasteiger partial charge in [-0.25, -0.2) is 0 Å². The van der Waals surface area contributed by atoms with Gasteiger partial charge >= 0.3 is 0 Å². The van der Waals surface area contributed by atoms with Gasteiger partial charge in [-0.1, -0.05) is 6.92 Å². The fraction of sp³-hybridized carbons (Fsp3) is 0.643. The van der Waals surface area contributed by atoms with Crippen LogP contribution in [0.5, 0.6) is 0 Å². The van der Waals surface area contributed by atoms with Crippen LogP contribution in [0.1, 0.15) is 36.7 Å². The van der Waals surface area contributed by atoms with Gasteiger partial charge in [0, 0.05) is 25.2 Å². The number of nitrogens with one attached hydrogen (secondary N) is 1. The second kappa shape index (κ2) is 6.46. The fourth-order valence-electron chi connectivity index (χ4n) is 2.18. The minimum atomic E-state index is 0.456. The Balaban J connectivity index is 2.75. The first-order valence-corrected chi connectivity index (χ1v) is 6.26. The summed E-state index contributed by atoms with van der Waals surface area (Å²) in [5, 5.41) is 7.95. The minimum absolute atomic E-state index is 0.456. The van der Waals surface area contributed by atoms with Crippen LogP contribution in [0.15, 0.2) is 0 Å². The lowest BCUT2D eigenvalue weighted by molar-refractivity contribution is 0.495. The maximum Gasteiger partial charge on any atom is 0.0628 e. The average Bonchev–Trinajstić information content (AvgIpc) is 2.53. The van der Waals surface area contributed by atoms with Crippen molar-refractivity contribution in [3.05, 3.63) is 17.0 Å². The Morgan fingerprint density at radius 2 is 2.18 bits per heavy atom. The van der Waals surface area contributed by atoms with E-state index < -0.39 is 0 Å². The van der Waals surface area contributed by atoms with Gasteiger partial charge < -0.3 is 5.32 Å². The molecule has 0 aromatic carbocycles. The summed E-state index contributed by atoms with van der Waals surface area (Å²) in [6.45, 7) is 7.31. The number of nitrogens with zero attached hydrogens (tertiary/aromatic N) is 2. The fourth-order valence-corrected chi connectivity index (χ4v) is 2.18. The Morgan fingerprint density at radius 1 is 1.47 bits per heavy atom. The van der Waals surface area contributed by atoms with Crippen molar-refractivity contribution in [1.82, 2.24) is 15.1 Å². The van der Waals surface area contributed by atoms with E-state index in [-0.39, 0.29) is 0 Å². The summed E-state index contributed by atoms with van der Waals surface area (Å²) in [5.74, 6) is 2.72. The molecule has 0 aliphatic carbocycles. The van der Waals surface area contributed by atoms with E-state index in [0.29, 0.717) is 6.04 Å². The molecule has 17 heavy (non-hydrogen) atoms. The van der Waals surface area contributed by atoms with Gasteiger partial charge in [-0.05, 0) is 38.8 Å². The molecule has 3 nitrogen and oxygen atoms in total. The van der Waals surface area contributed by atoms with Crippen LogP contribution in [0.2, 0.25) is 0 Å². The maximum atomic E-state index is 5.34. The van der Waals surface area contributed by atoms with Crippen molar-refractivity contribution in [3.63, 3.8) is 0 Å². The smallest absolute Gasteiger partial charge is 0.0628 e. The summed E-state index contributed by atoms with van der Waals surface area (Å²) < 4.78 is 1.95. The van der Waals surface area contributed by atoms with E-state index >= 15 is 0 Å². The van der Waals surface area contributed by atoms with E-state index in [1.54, 1.807) is 0 Å². The SMILES string of the molecule is C#CCCC(Cc1c(C)nn(C)c1C)NCC. The highest BCUT2D eigenvalue weighted by molar-refractivity contribution is 5.25. The van der Waals surface area contributed by atoms with Crippen molar-refractivity contribution in [2.45, 2.75) is 46.1 Å². The Morgan fingerprint density at radius 3 is 2.65 bits per heavy atom. The van der Waals surface area contributed by atoms with Crippen LogP contribution in [0.4, 0.5) is 0 Å². The summed E-state index contributed by atoms with van der Waals surface area (Å²) in [6, 6.07) is 0.456. The molecule has 0 saturated carbocycles. The third-order valence-electron chi connectivity index (χ3n) is 3.24. The normalized spacial score (nSPS) is 12.4. The predicted molar refractivity (Wildman–Crippen MR) is 71.9 cm³/mol. The lowest BCUT2D eigenvalue weighted by atomic mass is 10.0. The molecule has 1 aromatic heterocycles. The Hall–Kier alpha value is -1.27. The van der Waals surface area contributed by atoms with Crippen LogP contribution in [-0.4, -0.2) is 22.4 Å². The first-order chi connectivity index (χ1) is 8.10. The van der Waals surface area contributed by atoms with Crippen LogP contribution in [-0.2, 0) is 13.5 Å². The average molecular weight is 233 g/mol. The van der Waals surface area contributed by atoms with Gasteiger partial charge in [0.2, 0.25) is 0 Å². The largest absolute Gasteiger partial charge is 0.314 e. The number of terminal acetylenes is 1. The summed E-state index contributed by atoms with van der Waals surface area (Å²) in [5.41, 5.74) is 3.75. The second-order valence-corrected chi connectivity index (χ2v) is 4.47. The number of rotatable bonds is 6. The monoisotopic (exact) mass is 233 g/mol. The highest BCUT2D eigenvalue weighted by Gasteiger charge is 2.14. The molecular weight excluding hydrogens is 210 g/mol. The van der Waals surface area contributed by atoms with Gasteiger partial charge in [-0.2, -0.15) is 5.10 Å². The van der Waals surface area contributed by atoms with Crippen LogP contribution in [0.3, 0.4) is 0 Å². The molecule has 94 valence electrons. The molecule has 0 amide bonds. The van der Waals surface area contributed by atoms with E-state index in [9.17, 15) is 0 Å².